The number of aliphatic hydroxyl groups excluding tert-OH is 2. The number of aliphatic hydroxyl groups is 2. The maximum Gasteiger partial charge on any atom is 0.0875 e. The molecule has 2 aromatic carbocycles. The van der Waals surface area contributed by atoms with E-state index in [0.29, 0.717) is 0 Å². The first kappa shape index (κ1) is 18.8. The highest BCUT2D eigenvalue weighted by Gasteiger charge is 2.48. The molecule has 0 spiro atoms. The SMILES string of the molecule is CC1(CCN2CCN(c3ccccc3Cl)CC2)C(O)c2ccccc2C1O. The van der Waals surface area contributed by atoms with Crippen molar-refractivity contribution >= 4 is 17.3 Å². The molecule has 0 bridgehead atoms. The average molecular weight is 387 g/mol. The van der Waals surface area contributed by atoms with Crippen LogP contribution in [0.15, 0.2) is 48.5 Å². The van der Waals surface area contributed by atoms with E-state index in [-0.39, 0.29) is 0 Å². The third-order valence-electron chi connectivity index (χ3n) is 6.37. The molecule has 2 N–H and O–H groups in total. The summed E-state index contributed by atoms with van der Waals surface area (Å²) in [5.41, 5.74) is 2.30. The maximum atomic E-state index is 10.8. The molecule has 5 heteroatoms. The Morgan fingerprint density at radius 3 is 2.07 bits per heavy atom. The number of para-hydroxylation sites is 1. The first-order chi connectivity index (χ1) is 13.0. The van der Waals surface area contributed by atoms with Crippen LogP contribution in [0.1, 0.15) is 36.7 Å². The lowest BCUT2D eigenvalue weighted by atomic mass is 9.79. The number of fused-ring (bicyclic) bond motifs is 1. The van der Waals surface area contributed by atoms with E-state index >= 15 is 0 Å². The predicted octanol–water partition coefficient (Wildman–Crippen LogP) is 3.64. The molecule has 0 saturated carbocycles. The van der Waals surface area contributed by atoms with Gasteiger partial charge in [-0.05, 0) is 36.2 Å². The summed E-state index contributed by atoms with van der Waals surface area (Å²) in [7, 11) is 0. The lowest BCUT2D eigenvalue weighted by Gasteiger charge is -2.39. The summed E-state index contributed by atoms with van der Waals surface area (Å²) in [5, 5.41) is 22.4. The Hall–Kier alpha value is -1.59. The highest BCUT2D eigenvalue weighted by Crippen LogP contribution is 2.54. The van der Waals surface area contributed by atoms with Gasteiger partial charge < -0.3 is 15.1 Å². The van der Waals surface area contributed by atoms with Crippen molar-refractivity contribution in [3.63, 3.8) is 0 Å². The highest BCUT2D eigenvalue weighted by molar-refractivity contribution is 6.33. The molecule has 2 atom stereocenters. The van der Waals surface area contributed by atoms with Gasteiger partial charge in [-0.25, -0.2) is 0 Å². The van der Waals surface area contributed by atoms with Gasteiger partial charge in [0.1, 0.15) is 0 Å². The normalized spacial score (nSPS) is 28.4. The van der Waals surface area contributed by atoms with Gasteiger partial charge in [0.05, 0.1) is 22.9 Å². The fourth-order valence-corrected chi connectivity index (χ4v) is 4.72. The minimum Gasteiger partial charge on any atom is -0.388 e. The Morgan fingerprint density at radius 1 is 0.926 bits per heavy atom. The van der Waals surface area contributed by atoms with Gasteiger partial charge in [0.2, 0.25) is 0 Å². The number of piperazine rings is 1. The zero-order valence-corrected chi connectivity index (χ0v) is 16.4. The Morgan fingerprint density at radius 2 is 1.48 bits per heavy atom. The van der Waals surface area contributed by atoms with Crippen molar-refractivity contribution in [1.82, 2.24) is 4.90 Å². The molecule has 2 aliphatic rings. The number of nitrogens with zero attached hydrogens (tertiary/aromatic N) is 2. The van der Waals surface area contributed by atoms with Crippen molar-refractivity contribution in [3.8, 4) is 0 Å². The Balaban J connectivity index is 1.36. The number of halogens is 1. The van der Waals surface area contributed by atoms with Crippen molar-refractivity contribution in [2.45, 2.75) is 25.6 Å². The van der Waals surface area contributed by atoms with E-state index in [1.54, 1.807) is 0 Å². The lowest BCUT2D eigenvalue weighted by molar-refractivity contribution is -0.0511. The molecular formula is C22H27ClN2O2. The number of hydrogen-bond donors (Lipinski definition) is 2. The second kappa shape index (κ2) is 7.44. The summed E-state index contributed by atoms with van der Waals surface area (Å²) in [6.07, 6.45) is -0.475. The van der Waals surface area contributed by atoms with Crippen molar-refractivity contribution in [3.05, 3.63) is 64.7 Å². The molecule has 1 aliphatic carbocycles. The number of hydrogen-bond acceptors (Lipinski definition) is 4. The van der Waals surface area contributed by atoms with Crippen LogP contribution in [0.25, 0.3) is 0 Å². The standard InChI is InChI=1S/C22H27ClN2O2/c1-22(20(26)16-6-2-3-7-17(16)21(22)27)10-11-24-12-14-25(15-13-24)19-9-5-4-8-18(19)23/h2-9,20-21,26-27H,10-15H2,1H3. The molecule has 0 radical (unpaired) electrons. The molecule has 27 heavy (non-hydrogen) atoms. The summed E-state index contributed by atoms with van der Waals surface area (Å²) in [5.74, 6) is 0. The second-order valence-corrected chi connectivity index (χ2v) is 8.38. The van der Waals surface area contributed by atoms with E-state index < -0.39 is 17.6 Å². The largest absolute Gasteiger partial charge is 0.388 e. The highest BCUT2D eigenvalue weighted by atomic mass is 35.5. The van der Waals surface area contributed by atoms with Crippen LogP contribution in [0.3, 0.4) is 0 Å². The van der Waals surface area contributed by atoms with Crippen LogP contribution in [-0.4, -0.2) is 47.8 Å². The molecule has 1 saturated heterocycles. The number of anilines is 1. The van der Waals surface area contributed by atoms with Crippen LogP contribution in [0.4, 0.5) is 5.69 Å². The van der Waals surface area contributed by atoms with Crippen LogP contribution >= 0.6 is 11.6 Å². The lowest BCUT2D eigenvalue weighted by Crippen LogP contribution is -2.47. The smallest absolute Gasteiger partial charge is 0.0875 e. The van der Waals surface area contributed by atoms with Crippen LogP contribution in [-0.2, 0) is 0 Å². The molecule has 1 heterocycles. The summed E-state index contributed by atoms with van der Waals surface area (Å²) in [6, 6.07) is 15.7. The van der Waals surface area contributed by atoms with Crippen molar-refractivity contribution in [2.24, 2.45) is 5.41 Å². The van der Waals surface area contributed by atoms with E-state index in [9.17, 15) is 10.2 Å². The van der Waals surface area contributed by atoms with Gasteiger partial charge >= 0.3 is 0 Å². The van der Waals surface area contributed by atoms with E-state index in [1.165, 1.54) is 0 Å². The first-order valence-corrected chi connectivity index (χ1v) is 10.1. The predicted molar refractivity (Wildman–Crippen MR) is 109 cm³/mol. The zero-order valence-electron chi connectivity index (χ0n) is 15.7. The van der Waals surface area contributed by atoms with E-state index in [1.807, 2.05) is 49.4 Å². The van der Waals surface area contributed by atoms with Crippen LogP contribution < -0.4 is 4.90 Å². The third kappa shape index (κ3) is 3.36. The molecule has 1 fully saturated rings. The summed E-state index contributed by atoms with van der Waals surface area (Å²) >= 11 is 6.32. The zero-order chi connectivity index (χ0) is 19.0. The molecule has 4 rings (SSSR count). The minimum atomic E-state index is -0.617. The van der Waals surface area contributed by atoms with E-state index in [2.05, 4.69) is 15.9 Å². The van der Waals surface area contributed by atoms with Gasteiger partial charge in [-0.2, -0.15) is 0 Å². The Bertz CT molecular complexity index is 775. The molecule has 0 amide bonds. The second-order valence-electron chi connectivity index (χ2n) is 7.97. The molecule has 0 aromatic heterocycles. The van der Waals surface area contributed by atoms with Gasteiger partial charge in [0.15, 0.2) is 0 Å². The van der Waals surface area contributed by atoms with Crippen molar-refractivity contribution < 1.29 is 10.2 Å². The van der Waals surface area contributed by atoms with Gasteiger partial charge in [0.25, 0.3) is 0 Å². The molecule has 1 aliphatic heterocycles. The molecular weight excluding hydrogens is 360 g/mol. The first-order valence-electron chi connectivity index (χ1n) is 9.67. The maximum absolute atomic E-state index is 10.8. The Kier molecular flexibility index (Phi) is 5.17. The quantitative estimate of drug-likeness (QED) is 0.842. The summed E-state index contributed by atoms with van der Waals surface area (Å²) in [4.78, 5) is 4.75. The van der Waals surface area contributed by atoms with E-state index in [4.69, 9.17) is 11.6 Å². The van der Waals surface area contributed by atoms with Gasteiger partial charge in [-0.1, -0.05) is 54.9 Å². The van der Waals surface area contributed by atoms with Crippen molar-refractivity contribution in [2.75, 3.05) is 37.6 Å². The average Bonchev–Trinajstić information content (AvgIpc) is 2.89. The van der Waals surface area contributed by atoms with Crippen LogP contribution in [0, 0.1) is 5.41 Å². The van der Waals surface area contributed by atoms with Crippen molar-refractivity contribution in [1.29, 1.82) is 0 Å². The minimum absolute atomic E-state index is 0.538. The van der Waals surface area contributed by atoms with Gasteiger partial charge in [0, 0.05) is 31.6 Å². The van der Waals surface area contributed by atoms with Crippen LogP contribution in [0.5, 0.6) is 0 Å². The Labute approximate surface area is 166 Å². The van der Waals surface area contributed by atoms with Gasteiger partial charge in [-0.15, -0.1) is 0 Å². The number of benzene rings is 2. The summed E-state index contributed by atoms with van der Waals surface area (Å²) in [6.45, 7) is 6.66. The summed E-state index contributed by atoms with van der Waals surface area (Å²) < 4.78 is 0. The molecule has 2 aromatic rings. The number of rotatable bonds is 4. The monoisotopic (exact) mass is 386 g/mol. The van der Waals surface area contributed by atoms with E-state index in [0.717, 1.165) is 61.0 Å². The molecule has 144 valence electrons. The topological polar surface area (TPSA) is 46.9 Å². The third-order valence-corrected chi connectivity index (χ3v) is 6.69. The van der Waals surface area contributed by atoms with Crippen LogP contribution in [0.2, 0.25) is 5.02 Å². The molecule has 2 unspecified atom stereocenters. The molecule has 4 nitrogen and oxygen atoms in total. The fraction of sp³-hybridized carbons (Fsp3) is 0.455. The fourth-order valence-electron chi connectivity index (χ4n) is 4.46. The van der Waals surface area contributed by atoms with Gasteiger partial charge in [-0.3, -0.25) is 4.90 Å².